The van der Waals surface area contributed by atoms with Gasteiger partial charge in [-0.25, -0.2) is 9.37 Å². The minimum atomic E-state index is -0.403. The highest BCUT2D eigenvalue weighted by atomic mass is 19.1. The van der Waals surface area contributed by atoms with Crippen LogP contribution in [0, 0.1) is 5.82 Å². The van der Waals surface area contributed by atoms with Crippen molar-refractivity contribution in [3.8, 4) is 5.75 Å². The van der Waals surface area contributed by atoms with E-state index in [1.54, 1.807) is 13.2 Å². The molecule has 0 saturated carbocycles. The van der Waals surface area contributed by atoms with Gasteiger partial charge in [-0.2, -0.15) is 0 Å². The van der Waals surface area contributed by atoms with Crippen molar-refractivity contribution in [3.05, 3.63) is 65.4 Å². The average Bonchev–Trinajstić information content (AvgIpc) is 3.00. The molecule has 0 radical (unpaired) electrons. The van der Waals surface area contributed by atoms with Crippen LogP contribution in [0.25, 0.3) is 5.65 Å². The molecule has 0 saturated heterocycles. The summed E-state index contributed by atoms with van der Waals surface area (Å²) in [4.78, 5) is 17.0. The van der Waals surface area contributed by atoms with Crippen LogP contribution in [0.2, 0.25) is 0 Å². The number of rotatable bonds is 6. The second-order valence-corrected chi connectivity index (χ2v) is 5.69. The number of pyridine rings is 1. The fourth-order valence-corrected chi connectivity index (χ4v) is 2.75. The first kappa shape index (κ1) is 17.0. The van der Waals surface area contributed by atoms with Crippen molar-refractivity contribution >= 4 is 11.6 Å². The van der Waals surface area contributed by atoms with Crippen LogP contribution >= 0.6 is 0 Å². The molecule has 0 aliphatic rings. The molecule has 5 nitrogen and oxygen atoms in total. The van der Waals surface area contributed by atoms with Gasteiger partial charge in [0.1, 0.15) is 22.9 Å². The molecule has 3 rings (SSSR count). The zero-order chi connectivity index (χ0) is 17.8. The highest BCUT2D eigenvalue weighted by molar-refractivity contribution is 5.94. The van der Waals surface area contributed by atoms with Crippen LogP contribution in [0.5, 0.6) is 5.75 Å². The Labute approximate surface area is 145 Å². The maximum absolute atomic E-state index is 13.5. The fourth-order valence-electron chi connectivity index (χ4n) is 2.75. The Balaban J connectivity index is 1.72. The van der Waals surface area contributed by atoms with Gasteiger partial charge in [-0.05, 0) is 42.7 Å². The SMILES string of the molecule is CCc1nc2ccc(F)cn2c1C(=O)NCCc1ccc(OC)cc1. The number of ether oxygens (including phenoxy) is 1. The lowest BCUT2D eigenvalue weighted by Gasteiger charge is -2.07. The Morgan fingerprint density at radius 3 is 2.68 bits per heavy atom. The highest BCUT2D eigenvalue weighted by Crippen LogP contribution is 2.15. The van der Waals surface area contributed by atoms with Crippen molar-refractivity contribution < 1.29 is 13.9 Å². The molecule has 130 valence electrons. The van der Waals surface area contributed by atoms with Crippen LogP contribution < -0.4 is 10.1 Å². The van der Waals surface area contributed by atoms with Crippen LogP contribution in [0.15, 0.2) is 42.6 Å². The molecule has 1 aromatic carbocycles. The summed E-state index contributed by atoms with van der Waals surface area (Å²) in [6.07, 6.45) is 2.59. The standard InChI is InChI=1S/C19H20FN3O2/c1-3-16-18(23-12-14(20)6-9-17(23)22-16)19(24)21-11-10-13-4-7-15(25-2)8-5-13/h4-9,12H,3,10-11H2,1-2H3,(H,21,24). The van der Waals surface area contributed by atoms with E-state index in [9.17, 15) is 9.18 Å². The van der Waals surface area contributed by atoms with E-state index in [0.29, 0.717) is 36.4 Å². The average molecular weight is 341 g/mol. The summed E-state index contributed by atoms with van der Waals surface area (Å²) in [6, 6.07) is 10.6. The number of carbonyl (C=O) groups is 1. The van der Waals surface area contributed by atoms with Gasteiger partial charge >= 0.3 is 0 Å². The first-order chi connectivity index (χ1) is 12.1. The molecule has 2 heterocycles. The molecule has 25 heavy (non-hydrogen) atoms. The number of hydrogen-bond acceptors (Lipinski definition) is 3. The maximum atomic E-state index is 13.5. The summed E-state index contributed by atoms with van der Waals surface area (Å²) in [7, 11) is 1.62. The number of imidazole rings is 1. The summed E-state index contributed by atoms with van der Waals surface area (Å²) in [6.45, 7) is 2.41. The fraction of sp³-hybridized carbons (Fsp3) is 0.263. The Morgan fingerprint density at radius 1 is 1.24 bits per heavy atom. The summed E-state index contributed by atoms with van der Waals surface area (Å²) in [5, 5.41) is 2.90. The number of aromatic nitrogens is 2. The molecule has 0 aliphatic carbocycles. The highest BCUT2D eigenvalue weighted by Gasteiger charge is 2.18. The minimum absolute atomic E-state index is 0.247. The number of hydrogen-bond donors (Lipinski definition) is 1. The molecule has 2 aromatic heterocycles. The third-order valence-corrected chi connectivity index (χ3v) is 4.06. The van der Waals surface area contributed by atoms with E-state index in [-0.39, 0.29) is 5.91 Å². The summed E-state index contributed by atoms with van der Waals surface area (Å²) in [5.41, 5.74) is 2.72. The lowest BCUT2D eigenvalue weighted by molar-refractivity contribution is 0.0947. The van der Waals surface area contributed by atoms with Crippen molar-refractivity contribution in [2.45, 2.75) is 19.8 Å². The summed E-state index contributed by atoms with van der Waals surface area (Å²) >= 11 is 0. The molecular formula is C19H20FN3O2. The smallest absolute Gasteiger partial charge is 0.270 e. The molecule has 0 fully saturated rings. The second-order valence-electron chi connectivity index (χ2n) is 5.69. The number of halogens is 1. The molecular weight excluding hydrogens is 321 g/mol. The van der Waals surface area contributed by atoms with Gasteiger partial charge in [0.05, 0.1) is 12.8 Å². The third-order valence-electron chi connectivity index (χ3n) is 4.06. The van der Waals surface area contributed by atoms with Crippen LogP contribution in [0.3, 0.4) is 0 Å². The number of fused-ring (bicyclic) bond motifs is 1. The summed E-state index contributed by atoms with van der Waals surface area (Å²) < 4.78 is 20.2. The second kappa shape index (κ2) is 7.34. The largest absolute Gasteiger partial charge is 0.497 e. The molecule has 0 atom stereocenters. The van der Waals surface area contributed by atoms with Crippen LogP contribution in [0.1, 0.15) is 28.7 Å². The number of nitrogens with one attached hydrogen (secondary N) is 1. The van der Waals surface area contributed by atoms with Gasteiger partial charge in [0, 0.05) is 12.7 Å². The van der Waals surface area contributed by atoms with Gasteiger partial charge in [-0.1, -0.05) is 19.1 Å². The van der Waals surface area contributed by atoms with E-state index in [4.69, 9.17) is 4.74 Å². The zero-order valence-corrected chi connectivity index (χ0v) is 14.3. The Bertz CT molecular complexity index is 888. The molecule has 1 N–H and O–H groups in total. The quantitative estimate of drug-likeness (QED) is 0.750. The molecule has 3 aromatic rings. The van der Waals surface area contributed by atoms with E-state index in [1.165, 1.54) is 16.7 Å². The normalized spacial score (nSPS) is 10.8. The lowest BCUT2D eigenvalue weighted by atomic mass is 10.1. The molecule has 0 bridgehead atoms. The van der Waals surface area contributed by atoms with Gasteiger partial charge in [-0.3, -0.25) is 9.20 Å². The predicted octanol–water partition coefficient (Wildman–Crippen LogP) is 3.02. The number of carbonyl (C=O) groups excluding carboxylic acids is 1. The maximum Gasteiger partial charge on any atom is 0.270 e. The van der Waals surface area contributed by atoms with E-state index in [1.807, 2.05) is 31.2 Å². The van der Waals surface area contributed by atoms with E-state index >= 15 is 0 Å². The molecule has 1 amide bonds. The first-order valence-electron chi connectivity index (χ1n) is 8.20. The van der Waals surface area contributed by atoms with Crippen LogP contribution in [0.4, 0.5) is 4.39 Å². The van der Waals surface area contributed by atoms with Crippen molar-refractivity contribution in [2.24, 2.45) is 0 Å². The van der Waals surface area contributed by atoms with Gasteiger partial charge in [0.15, 0.2) is 0 Å². The van der Waals surface area contributed by atoms with E-state index in [0.717, 1.165) is 11.3 Å². The topological polar surface area (TPSA) is 55.6 Å². The number of aryl methyl sites for hydroxylation is 1. The summed E-state index contributed by atoms with van der Waals surface area (Å²) in [5.74, 6) is 0.149. The molecule has 0 unspecified atom stereocenters. The van der Waals surface area contributed by atoms with Gasteiger partial charge in [-0.15, -0.1) is 0 Å². The minimum Gasteiger partial charge on any atom is -0.497 e. The Morgan fingerprint density at radius 2 is 2.00 bits per heavy atom. The number of amides is 1. The van der Waals surface area contributed by atoms with Crippen molar-refractivity contribution in [3.63, 3.8) is 0 Å². The third kappa shape index (κ3) is 3.63. The monoisotopic (exact) mass is 341 g/mol. The lowest BCUT2D eigenvalue weighted by Crippen LogP contribution is -2.27. The van der Waals surface area contributed by atoms with Gasteiger partial charge < -0.3 is 10.1 Å². The molecule has 0 spiro atoms. The zero-order valence-electron chi connectivity index (χ0n) is 14.3. The van der Waals surface area contributed by atoms with Crippen LogP contribution in [-0.2, 0) is 12.8 Å². The Kier molecular flexibility index (Phi) is 4.97. The van der Waals surface area contributed by atoms with Crippen molar-refractivity contribution in [1.29, 1.82) is 0 Å². The predicted molar refractivity (Wildman–Crippen MR) is 93.6 cm³/mol. The first-order valence-corrected chi connectivity index (χ1v) is 8.20. The van der Waals surface area contributed by atoms with Crippen molar-refractivity contribution in [2.75, 3.05) is 13.7 Å². The Hall–Kier alpha value is -2.89. The molecule has 6 heteroatoms. The van der Waals surface area contributed by atoms with Gasteiger partial charge in [0.25, 0.3) is 5.91 Å². The van der Waals surface area contributed by atoms with Crippen molar-refractivity contribution in [1.82, 2.24) is 14.7 Å². The number of benzene rings is 1. The molecule has 0 aliphatic heterocycles. The van der Waals surface area contributed by atoms with E-state index < -0.39 is 5.82 Å². The number of methoxy groups -OCH3 is 1. The van der Waals surface area contributed by atoms with Crippen LogP contribution in [-0.4, -0.2) is 28.9 Å². The van der Waals surface area contributed by atoms with Gasteiger partial charge in [0.2, 0.25) is 0 Å². The number of nitrogens with zero attached hydrogens (tertiary/aromatic N) is 2. The van der Waals surface area contributed by atoms with E-state index in [2.05, 4.69) is 10.3 Å².